The molecule has 0 amide bonds. The van der Waals surface area contributed by atoms with Crippen LogP contribution in [0.3, 0.4) is 0 Å². The second-order valence-corrected chi connectivity index (χ2v) is 10.2. The van der Waals surface area contributed by atoms with Crippen molar-refractivity contribution in [3.63, 3.8) is 0 Å². The number of carboxylic acid groups (broad SMARTS) is 1. The number of piperidine rings is 1. The molecule has 1 saturated heterocycles. The number of sulfonamides is 1. The molecule has 0 aliphatic carbocycles. The second kappa shape index (κ2) is 9.03. The van der Waals surface area contributed by atoms with Crippen LogP contribution in [0.25, 0.3) is 22.8 Å². The topological polar surface area (TPSA) is 126 Å². The van der Waals surface area contributed by atoms with Crippen molar-refractivity contribution in [2.24, 2.45) is 0 Å². The minimum absolute atomic E-state index is 0.0249. The minimum atomic E-state index is -3.51. The van der Waals surface area contributed by atoms with Crippen molar-refractivity contribution in [2.45, 2.75) is 32.2 Å². The Hall–Kier alpha value is -3.11. The van der Waals surface area contributed by atoms with Crippen LogP contribution in [0.2, 0.25) is 5.02 Å². The van der Waals surface area contributed by atoms with E-state index in [0.29, 0.717) is 22.9 Å². The van der Waals surface area contributed by atoms with Gasteiger partial charge in [-0.25, -0.2) is 13.2 Å². The number of nitrogens with one attached hydrogen (secondary N) is 1. The molecular formula is C22H23ClN4O5S. The lowest BCUT2D eigenvalue weighted by Crippen LogP contribution is -2.38. The van der Waals surface area contributed by atoms with E-state index in [-0.39, 0.29) is 22.3 Å². The van der Waals surface area contributed by atoms with Gasteiger partial charge in [0.2, 0.25) is 15.8 Å². The highest BCUT2D eigenvalue weighted by molar-refractivity contribution is 7.92. The summed E-state index contributed by atoms with van der Waals surface area (Å²) < 4.78 is 32.1. The van der Waals surface area contributed by atoms with E-state index in [9.17, 15) is 13.2 Å². The summed E-state index contributed by atoms with van der Waals surface area (Å²) in [5.74, 6) is -0.706. The third-order valence-electron chi connectivity index (χ3n) is 5.53. The van der Waals surface area contributed by atoms with E-state index in [1.54, 1.807) is 12.1 Å². The van der Waals surface area contributed by atoms with Gasteiger partial charge >= 0.3 is 5.97 Å². The predicted octanol–water partition coefficient (Wildman–Crippen LogP) is 4.51. The van der Waals surface area contributed by atoms with Crippen molar-refractivity contribution in [1.29, 1.82) is 0 Å². The minimum Gasteiger partial charge on any atom is -0.478 e. The molecule has 2 aromatic carbocycles. The maximum Gasteiger partial charge on any atom is 0.337 e. The number of halogens is 1. The monoisotopic (exact) mass is 490 g/mol. The molecule has 1 aliphatic heterocycles. The van der Waals surface area contributed by atoms with Gasteiger partial charge in [0.1, 0.15) is 0 Å². The maximum absolute atomic E-state index is 12.0. The molecule has 0 saturated carbocycles. The zero-order valence-electron chi connectivity index (χ0n) is 18.1. The second-order valence-electron chi connectivity index (χ2n) is 8.07. The van der Waals surface area contributed by atoms with Gasteiger partial charge in [0.05, 0.1) is 28.2 Å². The van der Waals surface area contributed by atoms with E-state index in [2.05, 4.69) is 26.7 Å². The third-order valence-corrected chi connectivity index (χ3v) is 6.44. The van der Waals surface area contributed by atoms with Crippen molar-refractivity contribution in [3.05, 3.63) is 47.0 Å². The molecule has 9 nitrogen and oxygen atoms in total. The average Bonchev–Trinajstić information content (AvgIpc) is 3.23. The number of aromatic nitrogens is 2. The molecule has 0 radical (unpaired) electrons. The number of aromatic carboxylic acids is 1. The fourth-order valence-electron chi connectivity index (χ4n) is 3.94. The van der Waals surface area contributed by atoms with Crippen LogP contribution >= 0.6 is 11.6 Å². The van der Waals surface area contributed by atoms with Gasteiger partial charge in [0.15, 0.2) is 0 Å². The van der Waals surface area contributed by atoms with Crippen molar-refractivity contribution in [1.82, 2.24) is 10.1 Å². The fraction of sp³-hybridized carbons (Fsp3) is 0.318. The molecule has 1 unspecified atom stereocenters. The molecule has 4 rings (SSSR count). The summed E-state index contributed by atoms with van der Waals surface area (Å²) in [5, 5.41) is 13.2. The summed E-state index contributed by atoms with van der Waals surface area (Å²) in [6.45, 7) is 2.97. The number of carboxylic acids is 1. The Kier molecular flexibility index (Phi) is 6.31. The van der Waals surface area contributed by atoms with Crippen LogP contribution in [-0.2, 0) is 10.0 Å². The van der Waals surface area contributed by atoms with E-state index < -0.39 is 16.0 Å². The number of hydrogen-bond donors (Lipinski definition) is 2. The first kappa shape index (κ1) is 23.1. The molecule has 0 bridgehead atoms. The molecule has 2 heterocycles. The summed E-state index contributed by atoms with van der Waals surface area (Å²) in [6, 6.07) is 10.0. The highest BCUT2D eigenvalue weighted by atomic mass is 35.5. The molecule has 0 spiro atoms. The van der Waals surface area contributed by atoms with E-state index in [4.69, 9.17) is 21.2 Å². The molecule has 1 aromatic heterocycles. The number of anilines is 2. The van der Waals surface area contributed by atoms with Gasteiger partial charge in [0.25, 0.3) is 5.89 Å². The highest BCUT2D eigenvalue weighted by Crippen LogP contribution is 2.35. The summed E-state index contributed by atoms with van der Waals surface area (Å²) >= 11 is 6.05. The van der Waals surface area contributed by atoms with Crippen molar-refractivity contribution >= 4 is 39.0 Å². The first-order valence-corrected chi connectivity index (χ1v) is 12.6. The van der Waals surface area contributed by atoms with Gasteiger partial charge in [-0.3, -0.25) is 4.72 Å². The summed E-state index contributed by atoms with van der Waals surface area (Å²) in [7, 11) is -3.51. The van der Waals surface area contributed by atoms with E-state index in [0.717, 1.165) is 37.8 Å². The Morgan fingerprint density at radius 2 is 1.97 bits per heavy atom. The van der Waals surface area contributed by atoms with Crippen LogP contribution in [0.15, 0.2) is 40.9 Å². The van der Waals surface area contributed by atoms with Crippen LogP contribution < -0.4 is 9.62 Å². The Balaban J connectivity index is 1.70. The van der Waals surface area contributed by atoms with E-state index in [1.807, 2.05) is 12.1 Å². The lowest BCUT2D eigenvalue weighted by Gasteiger charge is -2.36. The standard InChI is InChI=1S/C22H23ClN4O5S/c1-13-5-3-4-10-27(13)19-9-7-15(12-18(19)26-33(2,30)31)21-24-20(25-32-21)14-6-8-16(22(28)29)17(23)11-14/h6-9,11-13,26H,3-5,10H2,1-2H3,(H,28,29). The van der Waals surface area contributed by atoms with Crippen LogP contribution in [0.1, 0.15) is 36.5 Å². The maximum atomic E-state index is 12.0. The Labute approximate surface area is 196 Å². The zero-order chi connectivity index (χ0) is 23.8. The summed E-state index contributed by atoms with van der Waals surface area (Å²) in [6.07, 6.45) is 4.34. The van der Waals surface area contributed by atoms with Gasteiger partial charge in [0, 0.05) is 23.7 Å². The molecule has 1 fully saturated rings. The molecule has 174 valence electrons. The van der Waals surface area contributed by atoms with Crippen LogP contribution in [0, 0.1) is 0 Å². The fourth-order valence-corrected chi connectivity index (χ4v) is 4.77. The smallest absolute Gasteiger partial charge is 0.337 e. The summed E-state index contributed by atoms with van der Waals surface area (Å²) in [5.41, 5.74) is 2.25. The van der Waals surface area contributed by atoms with Gasteiger partial charge in [-0.1, -0.05) is 22.8 Å². The number of rotatable bonds is 6. The van der Waals surface area contributed by atoms with Crippen LogP contribution in [0.5, 0.6) is 0 Å². The molecule has 2 N–H and O–H groups in total. The van der Waals surface area contributed by atoms with Gasteiger partial charge in [-0.05, 0) is 56.5 Å². The van der Waals surface area contributed by atoms with Crippen molar-refractivity contribution in [2.75, 3.05) is 22.4 Å². The Bertz CT molecular complexity index is 1310. The van der Waals surface area contributed by atoms with Crippen LogP contribution in [0.4, 0.5) is 11.4 Å². The SMILES string of the molecule is CC1CCCCN1c1ccc(-c2nc(-c3ccc(C(=O)O)c(Cl)c3)no2)cc1NS(C)(=O)=O. The predicted molar refractivity (Wildman–Crippen MR) is 126 cm³/mol. The molecule has 3 aromatic rings. The highest BCUT2D eigenvalue weighted by Gasteiger charge is 2.23. The van der Waals surface area contributed by atoms with Crippen molar-refractivity contribution in [3.8, 4) is 22.8 Å². The molecule has 1 aliphatic rings. The van der Waals surface area contributed by atoms with Gasteiger partial charge < -0.3 is 14.5 Å². The van der Waals surface area contributed by atoms with Crippen molar-refractivity contribution < 1.29 is 22.8 Å². The number of hydrogen-bond acceptors (Lipinski definition) is 7. The number of carbonyl (C=O) groups is 1. The Morgan fingerprint density at radius 3 is 2.64 bits per heavy atom. The lowest BCUT2D eigenvalue weighted by molar-refractivity contribution is 0.0697. The molecule has 33 heavy (non-hydrogen) atoms. The molecular weight excluding hydrogens is 468 g/mol. The largest absolute Gasteiger partial charge is 0.478 e. The average molecular weight is 491 g/mol. The van der Waals surface area contributed by atoms with E-state index >= 15 is 0 Å². The Morgan fingerprint density at radius 1 is 1.21 bits per heavy atom. The summed E-state index contributed by atoms with van der Waals surface area (Å²) in [4.78, 5) is 17.8. The van der Waals surface area contributed by atoms with Gasteiger partial charge in [-0.2, -0.15) is 4.98 Å². The van der Waals surface area contributed by atoms with E-state index in [1.165, 1.54) is 12.1 Å². The van der Waals surface area contributed by atoms with Gasteiger partial charge in [-0.15, -0.1) is 0 Å². The molecule has 1 atom stereocenters. The third kappa shape index (κ3) is 5.12. The first-order valence-electron chi connectivity index (χ1n) is 10.4. The number of nitrogens with zero attached hydrogens (tertiary/aromatic N) is 3. The first-order chi connectivity index (χ1) is 15.6. The quantitative estimate of drug-likeness (QED) is 0.517. The lowest BCUT2D eigenvalue weighted by atomic mass is 10.0. The zero-order valence-corrected chi connectivity index (χ0v) is 19.7. The number of benzene rings is 2. The van der Waals surface area contributed by atoms with Crippen LogP contribution in [-0.4, -0.2) is 48.5 Å². The normalized spacial score (nSPS) is 16.6. The molecule has 11 heteroatoms.